The molecule has 1 unspecified atom stereocenters. The van der Waals surface area contributed by atoms with Crippen LogP contribution in [0.15, 0.2) is 12.1 Å². The van der Waals surface area contributed by atoms with Crippen LogP contribution in [0.3, 0.4) is 0 Å². The minimum Gasteiger partial charge on any atom is -0.494 e. The second-order valence-electron chi connectivity index (χ2n) is 2.93. The molecule has 1 aromatic carbocycles. The van der Waals surface area contributed by atoms with Crippen molar-refractivity contribution >= 4 is 23.7 Å². The summed E-state index contributed by atoms with van der Waals surface area (Å²) < 4.78 is 23.4. The average Bonchev–Trinajstić information content (AvgIpc) is 2.09. The van der Waals surface area contributed by atoms with Crippen LogP contribution in [0.4, 0.5) is 10.1 Å². The molecule has 0 heterocycles. The first-order valence-electron chi connectivity index (χ1n) is 4.03. The van der Waals surface area contributed by atoms with Crippen molar-refractivity contribution in [2.24, 2.45) is 0 Å². The molecule has 0 saturated carbocycles. The molecule has 0 saturated heterocycles. The lowest BCUT2D eigenvalue weighted by molar-refractivity contribution is 0.385. The lowest BCUT2D eigenvalue weighted by Gasteiger charge is -2.13. The summed E-state index contributed by atoms with van der Waals surface area (Å²) in [7, 11) is 0.824. The van der Waals surface area contributed by atoms with E-state index in [1.54, 1.807) is 0 Å². The van der Waals surface area contributed by atoms with Gasteiger partial charge in [0.05, 0.1) is 20.9 Å². The molecule has 0 aliphatic heterocycles. The fraction of sp³-hybridized carbons (Fsp3) is 0.333. The molecule has 2 N–H and O–H groups in total. The molecule has 0 radical (unpaired) electrons. The molecule has 3 nitrogen and oxygen atoms in total. The van der Waals surface area contributed by atoms with Crippen molar-refractivity contribution < 1.29 is 13.7 Å². The van der Waals surface area contributed by atoms with Gasteiger partial charge in [-0.2, -0.15) is 9.90 Å². The van der Waals surface area contributed by atoms with E-state index in [1.807, 2.05) is 13.3 Å². The number of methoxy groups -OCH3 is 1. The molecule has 0 fully saturated rings. The van der Waals surface area contributed by atoms with Crippen molar-refractivity contribution in [3.05, 3.63) is 17.9 Å². The van der Waals surface area contributed by atoms with Crippen LogP contribution < -0.4 is 15.0 Å². The summed E-state index contributed by atoms with van der Waals surface area (Å²) in [6, 6.07) is 2.67. The Morgan fingerprint density at radius 2 is 1.87 bits per heavy atom. The average molecular weight is 251 g/mol. The first kappa shape index (κ1) is 14.4. The minimum atomic E-state index is -0.578. The highest BCUT2D eigenvalue weighted by molar-refractivity contribution is 7.51. The van der Waals surface area contributed by atoms with Gasteiger partial charge >= 0.3 is 0 Å². The predicted molar refractivity (Wildman–Crippen MR) is 67.9 cm³/mol. The van der Waals surface area contributed by atoms with Crippen molar-refractivity contribution in [2.45, 2.75) is 0 Å². The van der Waals surface area contributed by atoms with Crippen LogP contribution in [-0.2, 0) is 0 Å². The Balaban J connectivity index is 0.00000196. The van der Waals surface area contributed by atoms with E-state index in [2.05, 4.69) is 0 Å². The van der Waals surface area contributed by atoms with Gasteiger partial charge in [0.1, 0.15) is 5.75 Å². The third-order valence-electron chi connectivity index (χ3n) is 1.57. The van der Waals surface area contributed by atoms with Crippen molar-refractivity contribution in [3.63, 3.8) is 0 Å². The number of nitrogens with two attached hydrogens (primary N) is 1. The van der Waals surface area contributed by atoms with Crippen LogP contribution in [0.1, 0.15) is 0 Å². The molecule has 6 heteroatoms. The molecule has 0 amide bonds. The monoisotopic (exact) mass is 251 g/mol. The zero-order chi connectivity index (χ0) is 10.7. The van der Waals surface area contributed by atoms with Crippen molar-refractivity contribution in [1.29, 1.82) is 0 Å². The normalized spacial score (nSPS) is 9.67. The molecule has 0 aromatic heterocycles. The second kappa shape index (κ2) is 6.09. The largest absolute Gasteiger partial charge is 0.494 e. The van der Waals surface area contributed by atoms with Crippen LogP contribution >= 0.6 is 18.0 Å². The highest BCUT2D eigenvalue weighted by Crippen LogP contribution is 2.37. The molecule has 0 spiro atoms. The fourth-order valence-corrected chi connectivity index (χ4v) is 1.53. The Hall–Kier alpha value is -0.590. The van der Waals surface area contributed by atoms with E-state index in [0.717, 1.165) is 0 Å². The lowest BCUT2D eigenvalue weighted by Crippen LogP contribution is -1.96. The van der Waals surface area contributed by atoms with Gasteiger partial charge in [-0.1, -0.05) is 0 Å². The van der Waals surface area contributed by atoms with Gasteiger partial charge < -0.3 is 15.0 Å². The van der Waals surface area contributed by atoms with E-state index >= 15 is 0 Å². The molecule has 1 atom stereocenters. The van der Waals surface area contributed by atoms with Gasteiger partial charge in [0.2, 0.25) is 0 Å². The van der Waals surface area contributed by atoms with Crippen LogP contribution in [0.25, 0.3) is 0 Å². The first-order chi connectivity index (χ1) is 6.54. The molecule has 86 valence electrons. The summed E-state index contributed by atoms with van der Waals surface area (Å²) in [5, 5.41) is 0. The quantitative estimate of drug-likeness (QED) is 0.663. The second-order valence-corrected chi connectivity index (χ2v) is 4.74. The number of hydrogen-bond acceptors (Lipinski definition) is 3. The number of benzene rings is 1. The SMILES string of the molecule is COc1cc(OP(C)C)c(N)cc1F.P. The van der Waals surface area contributed by atoms with Crippen LogP contribution in [0.5, 0.6) is 11.5 Å². The van der Waals surface area contributed by atoms with E-state index in [0.29, 0.717) is 11.4 Å². The fourth-order valence-electron chi connectivity index (χ4n) is 0.982. The van der Waals surface area contributed by atoms with E-state index in [-0.39, 0.29) is 15.6 Å². The molecule has 0 bridgehead atoms. The lowest BCUT2D eigenvalue weighted by atomic mass is 10.2. The molecule has 0 aliphatic rings. The maximum atomic E-state index is 13.1. The zero-order valence-corrected chi connectivity index (χ0v) is 11.4. The number of halogens is 1. The summed E-state index contributed by atoms with van der Waals surface area (Å²) in [5.74, 6) is 0.138. The smallest absolute Gasteiger partial charge is 0.167 e. The Bertz CT molecular complexity index is 334. The summed E-state index contributed by atoms with van der Waals surface area (Å²) in [6.45, 7) is 3.87. The highest BCUT2D eigenvalue weighted by atomic mass is 31.1. The third-order valence-corrected chi connectivity index (χ3v) is 2.13. The molecule has 15 heavy (non-hydrogen) atoms. The van der Waals surface area contributed by atoms with E-state index in [4.69, 9.17) is 15.0 Å². The first-order valence-corrected chi connectivity index (χ1v) is 6.18. The van der Waals surface area contributed by atoms with E-state index in [1.165, 1.54) is 19.2 Å². The van der Waals surface area contributed by atoms with Gasteiger partial charge in [0.15, 0.2) is 11.6 Å². The van der Waals surface area contributed by atoms with Crippen molar-refractivity contribution in [3.8, 4) is 11.5 Å². The van der Waals surface area contributed by atoms with Crippen LogP contribution in [-0.4, -0.2) is 20.4 Å². The molecular formula is C9H16FNO2P2. The minimum absolute atomic E-state index is 0. The molecule has 1 rings (SSSR count). The summed E-state index contributed by atoms with van der Waals surface area (Å²) in [6.07, 6.45) is 0. The summed E-state index contributed by atoms with van der Waals surface area (Å²) >= 11 is 0. The van der Waals surface area contributed by atoms with Crippen molar-refractivity contribution in [2.75, 3.05) is 26.2 Å². The third kappa shape index (κ3) is 3.81. The van der Waals surface area contributed by atoms with Crippen molar-refractivity contribution in [1.82, 2.24) is 0 Å². The Morgan fingerprint density at radius 3 is 2.33 bits per heavy atom. The Morgan fingerprint density at radius 1 is 1.27 bits per heavy atom. The number of hydrogen-bond donors (Lipinski definition) is 1. The van der Waals surface area contributed by atoms with Gasteiger partial charge in [0.25, 0.3) is 0 Å². The standard InChI is InChI=1S/C9H13FNO2P.H3P/c1-12-8-5-9(13-14(2)3)7(11)4-6(8)10;/h4-5H,11H2,1-3H3;1H3. The van der Waals surface area contributed by atoms with E-state index in [9.17, 15) is 4.39 Å². The van der Waals surface area contributed by atoms with Gasteiger partial charge in [-0.15, -0.1) is 0 Å². The number of anilines is 1. The van der Waals surface area contributed by atoms with Crippen LogP contribution in [0.2, 0.25) is 0 Å². The zero-order valence-electron chi connectivity index (χ0n) is 9.08. The molecule has 1 aromatic rings. The highest BCUT2D eigenvalue weighted by Gasteiger charge is 2.10. The van der Waals surface area contributed by atoms with E-state index < -0.39 is 14.0 Å². The molecule has 0 aliphatic carbocycles. The van der Waals surface area contributed by atoms with Crippen LogP contribution in [0, 0.1) is 5.82 Å². The summed E-state index contributed by atoms with van der Waals surface area (Å²) in [5.41, 5.74) is 5.87. The van der Waals surface area contributed by atoms with Gasteiger partial charge in [-0.05, 0) is 13.3 Å². The predicted octanol–water partition coefficient (Wildman–Crippen LogP) is 2.51. The maximum absolute atomic E-state index is 13.1. The van der Waals surface area contributed by atoms with Gasteiger partial charge in [0, 0.05) is 12.1 Å². The number of rotatable bonds is 3. The summed E-state index contributed by atoms with van der Waals surface area (Å²) in [4.78, 5) is 0. The van der Waals surface area contributed by atoms with Gasteiger partial charge in [-0.3, -0.25) is 0 Å². The Labute approximate surface area is 93.6 Å². The molecular weight excluding hydrogens is 235 g/mol. The number of nitrogen functional groups attached to an aromatic ring is 1. The van der Waals surface area contributed by atoms with Gasteiger partial charge in [-0.25, -0.2) is 4.39 Å². The Kier molecular flexibility index (Phi) is 5.85. The maximum Gasteiger partial charge on any atom is 0.167 e. The number of ether oxygens (including phenoxy) is 1. The topological polar surface area (TPSA) is 44.5 Å².